The van der Waals surface area contributed by atoms with Gasteiger partial charge in [-0.2, -0.15) is 4.98 Å². The normalized spacial score (nSPS) is 15.2. The first-order valence-electron chi connectivity index (χ1n) is 11.3. The summed E-state index contributed by atoms with van der Waals surface area (Å²) in [6.07, 6.45) is 2.07. The van der Waals surface area contributed by atoms with E-state index in [0.717, 1.165) is 31.7 Å². The molecule has 5 rings (SSSR count). The fourth-order valence-electron chi connectivity index (χ4n) is 4.43. The molecule has 1 fully saturated rings. The summed E-state index contributed by atoms with van der Waals surface area (Å²) in [5.41, 5.74) is 3.67. The third-order valence-corrected chi connectivity index (χ3v) is 6.92. The third kappa shape index (κ3) is 5.19. The van der Waals surface area contributed by atoms with Gasteiger partial charge in [-0.15, -0.1) is 11.8 Å². The SMILES string of the molecule is CSc1ccc(-c2noc(CN3CCN(C(c4ccccc4)c4ccccc4)CC3)n2)cc1. The van der Waals surface area contributed by atoms with E-state index in [4.69, 9.17) is 4.52 Å². The lowest BCUT2D eigenvalue weighted by Crippen LogP contribution is -2.47. The molecular weight excluding hydrogens is 428 g/mol. The molecule has 0 spiro atoms. The van der Waals surface area contributed by atoms with Gasteiger partial charge in [-0.3, -0.25) is 9.80 Å². The van der Waals surface area contributed by atoms with Crippen molar-refractivity contribution < 1.29 is 4.52 Å². The van der Waals surface area contributed by atoms with Crippen molar-refractivity contribution in [3.05, 3.63) is 102 Å². The van der Waals surface area contributed by atoms with Gasteiger partial charge >= 0.3 is 0 Å². The van der Waals surface area contributed by atoms with Crippen LogP contribution in [0.1, 0.15) is 23.1 Å². The first-order valence-corrected chi connectivity index (χ1v) is 12.6. The van der Waals surface area contributed by atoms with Crippen LogP contribution in [0.15, 0.2) is 94.3 Å². The third-order valence-electron chi connectivity index (χ3n) is 6.18. The Bertz CT molecular complexity index is 1100. The van der Waals surface area contributed by atoms with Gasteiger partial charge < -0.3 is 4.52 Å². The molecule has 0 atom stereocenters. The van der Waals surface area contributed by atoms with Crippen LogP contribution in [0.2, 0.25) is 0 Å². The molecular formula is C27H28N4OS. The molecule has 0 unspecified atom stereocenters. The Morgan fingerprint density at radius 3 is 2.00 bits per heavy atom. The lowest BCUT2D eigenvalue weighted by atomic mass is 9.96. The minimum absolute atomic E-state index is 0.272. The van der Waals surface area contributed by atoms with Crippen molar-refractivity contribution in [3.8, 4) is 11.4 Å². The molecule has 5 nitrogen and oxygen atoms in total. The first kappa shape index (κ1) is 21.9. The van der Waals surface area contributed by atoms with Gasteiger partial charge in [0.1, 0.15) is 0 Å². The first-order chi connectivity index (χ1) is 16.3. The Balaban J connectivity index is 1.24. The predicted octanol–water partition coefficient (Wildman–Crippen LogP) is 5.37. The number of aromatic nitrogens is 2. The van der Waals surface area contributed by atoms with Gasteiger partial charge in [0.05, 0.1) is 12.6 Å². The summed E-state index contributed by atoms with van der Waals surface area (Å²) in [5, 5.41) is 4.20. The van der Waals surface area contributed by atoms with Gasteiger partial charge in [0.2, 0.25) is 11.7 Å². The van der Waals surface area contributed by atoms with E-state index in [1.165, 1.54) is 16.0 Å². The molecule has 2 heterocycles. The molecule has 33 heavy (non-hydrogen) atoms. The van der Waals surface area contributed by atoms with E-state index in [1.807, 2.05) is 12.1 Å². The standard InChI is InChI=1S/C27H28N4OS/c1-33-24-14-12-23(13-15-24)27-28-25(32-29-27)20-30-16-18-31(19-17-30)26(21-8-4-2-5-9-21)22-10-6-3-7-11-22/h2-15,26H,16-20H2,1H3. The van der Waals surface area contributed by atoms with Crippen molar-refractivity contribution in [1.29, 1.82) is 0 Å². The molecule has 1 aliphatic rings. The van der Waals surface area contributed by atoms with Gasteiger partial charge in [-0.1, -0.05) is 65.8 Å². The van der Waals surface area contributed by atoms with Crippen LogP contribution in [0.4, 0.5) is 0 Å². The second-order valence-corrected chi connectivity index (χ2v) is 9.16. The molecule has 3 aromatic carbocycles. The average Bonchev–Trinajstić information content (AvgIpc) is 3.35. The summed E-state index contributed by atoms with van der Waals surface area (Å²) >= 11 is 1.73. The van der Waals surface area contributed by atoms with E-state index in [0.29, 0.717) is 18.3 Å². The maximum atomic E-state index is 5.57. The van der Waals surface area contributed by atoms with Crippen molar-refractivity contribution in [2.45, 2.75) is 17.5 Å². The summed E-state index contributed by atoms with van der Waals surface area (Å²) in [7, 11) is 0. The van der Waals surface area contributed by atoms with E-state index in [1.54, 1.807) is 11.8 Å². The van der Waals surface area contributed by atoms with Crippen LogP contribution in [-0.2, 0) is 6.54 Å². The molecule has 168 valence electrons. The minimum atomic E-state index is 0.272. The van der Waals surface area contributed by atoms with Crippen molar-refractivity contribution in [1.82, 2.24) is 19.9 Å². The topological polar surface area (TPSA) is 45.4 Å². The van der Waals surface area contributed by atoms with Crippen molar-refractivity contribution >= 4 is 11.8 Å². The number of rotatable bonds is 7. The summed E-state index contributed by atoms with van der Waals surface area (Å²) in [6.45, 7) is 4.61. The Labute approximate surface area is 199 Å². The number of nitrogens with zero attached hydrogens (tertiary/aromatic N) is 4. The highest BCUT2D eigenvalue weighted by atomic mass is 32.2. The monoisotopic (exact) mass is 456 g/mol. The van der Waals surface area contributed by atoms with Crippen LogP contribution in [0.3, 0.4) is 0 Å². The van der Waals surface area contributed by atoms with Crippen LogP contribution in [-0.4, -0.2) is 52.4 Å². The summed E-state index contributed by atoms with van der Waals surface area (Å²) in [6, 6.07) is 30.2. The van der Waals surface area contributed by atoms with E-state index < -0.39 is 0 Å². The Morgan fingerprint density at radius 1 is 0.818 bits per heavy atom. The van der Waals surface area contributed by atoms with E-state index in [-0.39, 0.29) is 6.04 Å². The highest BCUT2D eigenvalue weighted by Crippen LogP contribution is 2.29. The number of hydrogen-bond donors (Lipinski definition) is 0. The molecule has 0 radical (unpaired) electrons. The summed E-state index contributed by atoms with van der Waals surface area (Å²) in [5.74, 6) is 1.33. The zero-order chi connectivity index (χ0) is 22.5. The van der Waals surface area contributed by atoms with Gasteiger partial charge in [0.15, 0.2) is 0 Å². The minimum Gasteiger partial charge on any atom is -0.338 e. The van der Waals surface area contributed by atoms with Gasteiger partial charge in [0.25, 0.3) is 0 Å². The highest BCUT2D eigenvalue weighted by Gasteiger charge is 2.27. The summed E-state index contributed by atoms with van der Waals surface area (Å²) in [4.78, 5) is 10.8. The number of thioether (sulfide) groups is 1. The molecule has 0 aliphatic carbocycles. The molecule has 1 aliphatic heterocycles. The quantitative estimate of drug-likeness (QED) is 0.349. The van der Waals surface area contributed by atoms with Crippen LogP contribution >= 0.6 is 11.8 Å². The summed E-state index contributed by atoms with van der Waals surface area (Å²) < 4.78 is 5.57. The molecule has 1 aromatic heterocycles. The smallest absolute Gasteiger partial charge is 0.241 e. The number of piperazine rings is 1. The van der Waals surface area contributed by atoms with Gasteiger partial charge in [0, 0.05) is 36.6 Å². The van der Waals surface area contributed by atoms with Crippen LogP contribution < -0.4 is 0 Å². The van der Waals surface area contributed by atoms with E-state index in [9.17, 15) is 0 Å². The lowest BCUT2D eigenvalue weighted by molar-refractivity contribution is 0.0966. The molecule has 0 amide bonds. The van der Waals surface area contributed by atoms with Crippen molar-refractivity contribution in [3.63, 3.8) is 0 Å². The van der Waals surface area contributed by atoms with Crippen molar-refractivity contribution in [2.75, 3.05) is 32.4 Å². The van der Waals surface area contributed by atoms with Crippen LogP contribution in [0.5, 0.6) is 0 Å². The molecule has 6 heteroatoms. The molecule has 4 aromatic rings. The highest BCUT2D eigenvalue weighted by molar-refractivity contribution is 7.98. The molecule has 1 saturated heterocycles. The molecule has 0 bridgehead atoms. The van der Waals surface area contributed by atoms with Gasteiger partial charge in [-0.25, -0.2) is 0 Å². The lowest BCUT2D eigenvalue weighted by Gasteiger charge is -2.39. The second kappa shape index (κ2) is 10.3. The Hall–Kier alpha value is -2.93. The fraction of sp³-hybridized carbons (Fsp3) is 0.259. The van der Waals surface area contributed by atoms with Gasteiger partial charge in [-0.05, 0) is 41.6 Å². The van der Waals surface area contributed by atoms with E-state index >= 15 is 0 Å². The Morgan fingerprint density at radius 2 is 1.42 bits per heavy atom. The average molecular weight is 457 g/mol. The van der Waals surface area contributed by atoms with Crippen LogP contribution in [0, 0.1) is 0 Å². The Kier molecular flexibility index (Phi) is 6.86. The van der Waals surface area contributed by atoms with Crippen molar-refractivity contribution in [2.24, 2.45) is 0 Å². The largest absolute Gasteiger partial charge is 0.338 e. The number of hydrogen-bond acceptors (Lipinski definition) is 6. The molecule has 0 N–H and O–H groups in total. The van der Waals surface area contributed by atoms with Crippen LogP contribution in [0.25, 0.3) is 11.4 Å². The zero-order valence-electron chi connectivity index (χ0n) is 18.8. The maximum Gasteiger partial charge on any atom is 0.241 e. The maximum absolute atomic E-state index is 5.57. The zero-order valence-corrected chi connectivity index (χ0v) is 19.6. The van der Waals surface area contributed by atoms with E-state index in [2.05, 4.69) is 99.0 Å². The predicted molar refractivity (Wildman–Crippen MR) is 133 cm³/mol. The second-order valence-electron chi connectivity index (χ2n) is 8.28. The number of benzene rings is 3. The molecule has 0 saturated carbocycles. The fourth-order valence-corrected chi connectivity index (χ4v) is 4.84.